The minimum absolute atomic E-state index is 0.121. The average Bonchev–Trinajstić information content (AvgIpc) is 2.57. The van der Waals surface area contributed by atoms with Gasteiger partial charge in [0.1, 0.15) is 0 Å². The number of carbonyl (C=O) groups is 2. The quantitative estimate of drug-likeness (QED) is 0.875. The van der Waals surface area contributed by atoms with Crippen molar-refractivity contribution in [1.82, 2.24) is 10.3 Å². The van der Waals surface area contributed by atoms with Crippen LogP contribution < -0.4 is 10.2 Å². The molecule has 2 aromatic rings. The maximum atomic E-state index is 12.0. The molecule has 1 aromatic carbocycles. The first-order chi connectivity index (χ1) is 11.5. The summed E-state index contributed by atoms with van der Waals surface area (Å²) in [5.74, 6) is -0.245. The molecule has 0 atom stereocenters. The second-order valence-electron chi connectivity index (χ2n) is 5.44. The van der Waals surface area contributed by atoms with Gasteiger partial charge in [-0.15, -0.1) is 0 Å². The summed E-state index contributed by atoms with van der Waals surface area (Å²) >= 11 is 6.12. The molecule has 0 aliphatic carbocycles. The fourth-order valence-electron chi connectivity index (χ4n) is 2.34. The topological polar surface area (TPSA) is 62.3 Å². The van der Waals surface area contributed by atoms with Crippen LogP contribution in [-0.4, -0.2) is 23.3 Å². The maximum absolute atomic E-state index is 12.0. The van der Waals surface area contributed by atoms with Crippen LogP contribution in [0, 0.1) is 6.92 Å². The van der Waals surface area contributed by atoms with E-state index < -0.39 is 0 Å². The summed E-state index contributed by atoms with van der Waals surface area (Å²) in [6.45, 7) is 4.06. The molecule has 6 heteroatoms. The van der Waals surface area contributed by atoms with Gasteiger partial charge >= 0.3 is 0 Å². The van der Waals surface area contributed by atoms with Crippen molar-refractivity contribution in [3.63, 3.8) is 0 Å². The van der Waals surface area contributed by atoms with Gasteiger partial charge in [-0.25, -0.2) is 0 Å². The molecule has 0 unspecified atom stereocenters. The first-order valence-electron chi connectivity index (χ1n) is 7.68. The van der Waals surface area contributed by atoms with Gasteiger partial charge in [0.25, 0.3) is 0 Å². The van der Waals surface area contributed by atoms with Crippen molar-refractivity contribution < 1.29 is 9.59 Å². The number of halogens is 1. The number of hydrogen-bond acceptors (Lipinski definition) is 3. The summed E-state index contributed by atoms with van der Waals surface area (Å²) < 4.78 is 0. The number of nitrogens with zero attached hydrogens (tertiary/aromatic N) is 2. The number of aromatic nitrogens is 1. The molecule has 0 saturated heterocycles. The highest BCUT2D eigenvalue weighted by atomic mass is 35.5. The largest absolute Gasteiger partial charge is 0.352 e. The Morgan fingerprint density at radius 3 is 2.71 bits per heavy atom. The lowest BCUT2D eigenvalue weighted by atomic mass is 10.1. The SMILES string of the molecule is CC(=O)N(CCC(=O)NCc1cccnc1)c1cccc(Cl)c1C. The van der Waals surface area contributed by atoms with Gasteiger partial charge in [-0.3, -0.25) is 14.6 Å². The fourth-order valence-corrected chi connectivity index (χ4v) is 2.51. The smallest absolute Gasteiger partial charge is 0.223 e. The van der Waals surface area contributed by atoms with Crippen molar-refractivity contribution in [1.29, 1.82) is 0 Å². The molecule has 24 heavy (non-hydrogen) atoms. The fraction of sp³-hybridized carbons (Fsp3) is 0.278. The Bertz CT molecular complexity index is 719. The highest BCUT2D eigenvalue weighted by molar-refractivity contribution is 6.31. The van der Waals surface area contributed by atoms with E-state index in [0.29, 0.717) is 18.1 Å². The molecule has 0 aliphatic rings. The lowest BCUT2D eigenvalue weighted by Crippen LogP contribution is -2.34. The molecule has 126 valence electrons. The Morgan fingerprint density at radius 2 is 2.04 bits per heavy atom. The summed E-state index contributed by atoms with van der Waals surface area (Å²) in [6, 6.07) is 9.12. The van der Waals surface area contributed by atoms with E-state index in [-0.39, 0.29) is 18.2 Å². The van der Waals surface area contributed by atoms with Gasteiger partial charge in [0.2, 0.25) is 11.8 Å². The van der Waals surface area contributed by atoms with E-state index in [1.54, 1.807) is 29.4 Å². The summed E-state index contributed by atoms with van der Waals surface area (Å²) in [7, 11) is 0. The molecule has 0 aliphatic heterocycles. The molecule has 0 radical (unpaired) electrons. The van der Waals surface area contributed by atoms with Gasteiger partial charge in [-0.1, -0.05) is 23.7 Å². The van der Waals surface area contributed by atoms with E-state index in [9.17, 15) is 9.59 Å². The van der Waals surface area contributed by atoms with Crippen molar-refractivity contribution in [3.05, 3.63) is 58.9 Å². The van der Waals surface area contributed by atoms with Crippen molar-refractivity contribution in [2.45, 2.75) is 26.8 Å². The standard InChI is InChI=1S/C18H20ClN3O2/c1-13-16(19)6-3-7-17(13)22(14(2)23)10-8-18(24)21-12-15-5-4-9-20-11-15/h3-7,9,11H,8,10,12H2,1-2H3,(H,21,24). The normalized spacial score (nSPS) is 10.3. The number of rotatable bonds is 6. The lowest BCUT2D eigenvalue weighted by Gasteiger charge is -2.23. The number of hydrogen-bond donors (Lipinski definition) is 1. The zero-order chi connectivity index (χ0) is 17.5. The molecule has 5 nitrogen and oxygen atoms in total. The van der Waals surface area contributed by atoms with Crippen LogP contribution in [0.25, 0.3) is 0 Å². The third-order valence-electron chi connectivity index (χ3n) is 3.68. The maximum Gasteiger partial charge on any atom is 0.223 e. The monoisotopic (exact) mass is 345 g/mol. The van der Waals surface area contributed by atoms with E-state index >= 15 is 0 Å². The highest BCUT2D eigenvalue weighted by Crippen LogP contribution is 2.26. The van der Waals surface area contributed by atoms with E-state index in [1.165, 1.54) is 6.92 Å². The van der Waals surface area contributed by atoms with E-state index in [2.05, 4.69) is 10.3 Å². The molecule has 1 heterocycles. The van der Waals surface area contributed by atoms with Crippen LogP contribution in [0.5, 0.6) is 0 Å². The average molecular weight is 346 g/mol. The Morgan fingerprint density at radius 1 is 1.25 bits per heavy atom. The first kappa shape index (κ1) is 17.9. The number of carbonyl (C=O) groups excluding carboxylic acids is 2. The van der Waals surface area contributed by atoms with E-state index in [0.717, 1.165) is 16.8 Å². The van der Waals surface area contributed by atoms with E-state index in [1.807, 2.05) is 25.1 Å². The molecule has 0 fully saturated rings. The number of nitrogens with one attached hydrogen (secondary N) is 1. The van der Waals surface area contributed by atoms with E-state index in [4.69, 9.17) is 11.6 Å². The zero-order valence-electron chi connectivity index (χ0n) is 13.8. The van der Waals surface area contributed by atoms with Gasteiger partial charge in [-0.05, 0) is 36.2 Å². The highest BCUT2D eigenvalue weighted by Gasteiger charge is 2.16. The minimum atomic E-state index is -0.125. The molecular weight excluding hydrogens is 326 g/mol. The molecule has 1 aromatic heterocycles. The predicted octanol–water partition coefficient (Wildman–Crippen LogP) is 3.10. The van der Waals surface area contributed by atoms with Crippen LogP contribution in [0.2, 0.25) is 5.02 Å². The second-order valence-corrected chi connectivity index (χ2v) is 5.85. The summed E-state index contributed by atoms with van der Waals surface area (Å²) in [5, 5.41) is 3.42. The summed E-state index contributed by atoms with van der Waals surface area (Å²) in [6.07, 6.45) is 3.60. The molecular formula is C18H20ClN3O2. The summed E-state index contributed by atoms with van der Waals surface area (Å²) in [5.41, 5.74) is 2.49. The van der Waals surface area contributed by atoms with Crippen molar-refractivity contribution in [3.8, 4) is 0 Å². The van der Waals surface area contributed by atoms with Crippen LogP contribution in [0.4, 0.5) is 5.69 Å². The van der Waals surface area contributed by atoms with Crippen LogP contribution in [-0.2, 0) is 16.1 Å². The third-order valence-corrected chi connectivity index (χ3v) is 4.09. The Hall–Kier alpha value is -2.40. The number of pyridine rings is 1. The Kier molecular flexibility index (Phi) is 6.32. The van der Waals surface area contributed by atoms with Gasteiger partial charge in [-0.2, -0.15) is 0 Å². The lowest BCUT2D eigenvalue weighted by molar-refractivity contribution is -0.121. The van der Waals surface area contributed by atoms with Crippen LogP contribution in [0.15, 0.2) is 42.7 Å². The minimum Gasteiger partial charge on any atom is -0.352 e. The van der Waals surface area contributed by atoms with Gasteiger partial charge in [0, 0.05) is 49.5 Å². The third kappa shape index (κ3) is 4.80. The number of benzene rings is 1. The van der Waals surface area contributed by atoms with Crippen LogP contribution in [0.3, 0.4) is 0 Å². The van der Waals surface area contributed by atoms with Crippen LogP contribution in [0.1, 0.15) is 24.5 Å². The first-order valence-corrected chi connectivity index (χ1v) is 8.05. The van der Waals surface area contributed by atoms with Gasteiger partial charge < -0.3 is 10.2 Å². The predicted molar refractivity (Wildman–Crippen MR) is 94.9 cm³/mol. The van der Waals surface area contributed by atoms with Gasteiger partial charge in [0.15, 0.2) is 0 Å². The zero-order valence-corrected chi connectivity index (χ0v) is 14.5. The van der Waals surface area contributed by atoms with Crippen molar-refractivity contribution >= 4 is 29.1 Å². The Labute approximate surface area is 146 Å². The van der Waals surface area contributed by atoms with Crippen molar-refractivity contribution in [2.75, 3.05) is 11.4 Å². The number of anilines is 1. The molecule has 2 rings (SSSR count). The summed E-state index contributed by atoms with van der Waals surface area (Å²) in [4.78, 5) is 29.5. The van der Waals surface area contributed by atoms with Crippen molar-refractivity contribution in [2.24, 2.45) is 0 Å². The van der Waals surface area contributed by atoms with Crippen LogP contribution >= 0.6 is 11.6 Å². The molecule has 0 bridgehead atoms. The number of amides is 2. The molecule has 1 N–H and O–H groups in total. The molecule has 0 saturated carbocycles. The second kappa shape index (κ2) is 8.45. The Balaban J connectivity index is 1.95. The van der Waals surface area contributed by atoms with Gasteiger partial charge in [0.05, 0.1) is 0 Å². The molecule has 2 amide bonds. The molecule has 0 spiro atoms.